The molecule has 0 aromatic heterocycles. The molecule has 9 heteroatoms. The van der Waals surface area contributed by atoms with Gasteiger partial charge in [-0.2, -0.15) is 0 Å². The van der Waals surface area contributed by atoms with Gasteiger partial charge in [0.05, 0.1) is 6.61 Å². The van der Waals surface area contributed by atoms with Gasteiger partial charge >= 0.3 is 6.36 Å². The molecule has 1 atom stereocenters. The summed E-state index contributed by atoms with van der Waals surface area (Å²) in [6.45, 7) is 2.04. The van der Waals surface area contributed by atoms with Gasteiger partial charge < -0.3 is 25.0 Å². The maximum atomic E-state index is 12.3. The van der Waals surface area contributed by atoms with Crippen LogP contribution in [0.3, 0.4) is 0 Å². The molecule has 1 fully saturated rings. The van der Waals surface area contributed by atoms with E-state index in [2.05, 4.69) is 4.74 Å². The lowest BCUT2D eigenvalue weighted by Crippen LogP contribution is -2.54. The van der Waals surface area contributed by atoms with Gasteiger partial charge in [-0.3, -0.25) is 4.79 Å². The zero-order valence-corrected chi connectivity index (χ0v) is 13.3. The molecule has 1 amide bonds. The number of halogens is 3. The first-order valence-corrected chi connectivity index (χ1v) is 7.44. The summed E-state index contributed by atoms with van der Waals surface area (Å²) in [5.74, 6) is -0.453. The summed E-state index contributed by atoms with van der Waals surface area (Å²) < 4.78 is 45.7. The number of amides is 1. The standard InChI is InChI=1S/C15H20F3N3O3/c1-23-10-13(19)14(22)21-7-5-20(6-8-21)11-3-2-4-12(9-11)24-15(16,17)18/h2-4,9,13H,5-8,10,19H2,1H3/t13-/m1/s1. The number of rotatable bonds is 5. The maximum absolute atomic E-state index is 12.3. The van der Waals surface area contributed by atoms with Crippen LogP contribution in [0.2, 0.25) is 0 Å². The molecule has 1 aliphatic heterocycles. The van der Waals surface area contributed by atoms with Crippen LogP contribution in [0.25, 0.3) is 0 Å². The molecule has 0 unspecified atom stereocenters. The smallest absolute Gasteiger partial charge is 0.406 e. The van der Waals surface area contributed by atoms with Crippen molar-refractivity contribution in [1.29, 1.82) is 0 Å². The summed E-state index contributed by atoms with van der Waals surface area (Å²) in [6.07, 6.45) is -4.72. The van der Waals surface area contributed by atoms with Gasteiger partial charge in [0.1, 0.15) is 11.8 Å². The number of benzene rings is 1. The van der Waals surface area contributed by atoms with Gasteiger partial charge in [-0.25, -0.2) is 0 Å². The molecule has 0 radical (unpaired) electrons. The lowest BCUT2D eigenvalue weighted by Gasteiger charge is -2.37. The fourth-order valence-corrected chi connectivity index (χ4v) is 2.55. The van der Waals surface area contributed by atoms with Gasteiger partial charge in [0.25, 0.3) is 0 Å². The minimum Gasteiger partial charge on any atom is -0.406 e. The summed E-state index contributed by atoms with van der Waals surface area (Å²) in [5, 5.41) is 0. The Kier molecular flexibility index (Phi) is 5.89. The molecule has 24 heavy (non-hydrogen) atoms. The molecule has 134 valence electrons. The van der Waals surface area contributed by atoms with E-state index in [1.807, 2.05) is 4.90 Å². The molecule has 1 aromatic rings. The fraction of sp³-hybridized carbons (Fsp3) is 0.533. The van der Waals surface area contributed by atoms with Crippen LogP contribution in [0.4, 0.5) is 18.9 Å². The van der Waals surface area contributed by atoms with Gasteiger partial charge in [-0.1, -0.05) is 6.07 Å². The van der Waals surface area contributed by atoms with E-state index in [1.54, 1.807) is 11.0 Å². The van der Waals surface area contributed by atoms with E-state index in [9.17, 15) is 18.0 Å². The van der Waals surface area contributed by atoms with E-state index in [-0.39, 0.29) is 18.3 Å². The molecule has 1 saturated heterocycles. The molecule has 6 nitrogen and oxygen atoms in total. The van der Waals surface area contributed by atoms with Crippen molar-refractivity contribution >= 4 is 11.6 Å². The van der Waals surface area contributed by atoms with Crippen LogP contribution in [0.15, 0.2) is 24.3 Å². The minimum atomic E-state index is -4.72. The Labute approximate surface area is 137 Å². The quantitative estimate of drug-likeness (QED) is 0.867. The summed E-state index contributed by atoms with van der Waals surface area (Å²) in [6, 6.07) is 5.09. The Morgan fingerprint density at radius 1 is 1.29 bits per heavy atom. The highest BCUT2D eigenvalue weighted by Gasteiger charge is 2.31. The first-order chi connectivity index (χ1) is 11.3. The van der Waals surface area contributed by atoms with Crippen LogP contribution in [0, 0.1) is 0 Å². The normalized spacial score (nSPS) is 16.9. The van der Waals surface area contributed by atoms with E-state index >= 15 is 0 Å². The van der Waals surface area contributed by atoms with Gasteiger partial charge in [-0.15, -0.1) is 13.2 Å². The number of nitrogens with two attached hydrogens (primary N) is 1. The van der Waals surface area contributed by atoms with Crippen LogP contribution in [-0.4, -0.2) is 63.1 Å². The Bertz CT molecular complexity index is 560. The van der Waals surface area contributed by atoms with E-state index in [1.165, 1.54) is 25.3 Å². The van der Waals surface area contributed by atoms with Crippen molar-refractivity contribution in [3.8, 4) is 5.75 Å². The highest BCUT2D eigenvalue weighted by molar-refractivity contribution is 5.82. The van der Waals surface area contributed by atoms with E-state index in [0.717, 1.165) is 0 Å². The summed E-state index contributed by atoms with van der Waals surface area (Å²) in [7, 11) is 1.47. The highest BCUT2D eigenvalue weighted by atomic mass is 19.4. The van der Waals surface area contributed by atoms with Crippen molar-refractivity contribution in [2.45, 2.75) is 12.4 Å². The van der Waals surface area contributed by atoms with E-state index in [4.69, 9.17) is 10.5 Å². The fourth-order valence-electron chi connectivity index (χ4n) is 2.55. The van der Waals surface area contributed by atoms with Crippen LogP contribution in [0.5, 0.6) is 5.75 Å². The maximum Gasteiger partial charge on any atom is 0.573 e. The van der Waals surface area contributed by atoms with E-state index in [0.29, 0.717) is 31.9 Å². The van der Waals surface area contributed by atoms with Crippen molar-refractivity contribution in [3.05, 3.63) is 24.3 Å². The number of alkyl halides is 3. The van der Waals surface area contributed by atoms with Gasteiger partial charge in [0, 0.05) is 45.0 Å². The molecule has 0 bridgehead atoms. The number of hydrogen-bond donors (Lipinski definition) is 1. The first-order valence-electron chi connectivity index (χ1n) is 7.44. The van der Waals surface area contributed by atoms with Crippen LogP contribution < -0.4 is 15.4 Å². The molecule has 1 heterocycles. The number of methoxy groups -OCH3 is 1. The zero-order chi connectivity index (χ0) is 17.7. The molecule has 2 rings (SSSR count). The summed E-state index contributed by atoms with van der Waals surface area (Å²) >= 11 is 0. The number of nitrogens with zero attached hydrogens (tertiary/aromatic N) is 2. The second-order valence-electron chi connectivity index (χ2n) is 5.42. The lowest BCUT2D eigenvalue weighted by atomic mass is 10.2. The predicted octanol–water partition coefficient (Wildman–Crippen LogP) is 1.21. The Morgan fingerprint density at radius 2 is 1.96 bits per heavy atom. The van der Waals surface area contributed by atoms with Crippen LogP contribution >= 0.6 is 0 Å². The Morgan fingerprint density at radius 3 is 2.54 bits per heavy atom. The van der Waals surface area contributed by atoms with Gasteiger partial charge in [0.15, 0.2) is 0 Å². The number of hydrogen-bond acceptors (Lipinski definition) is 5. The second kappa shape index (κ2) is 7.71. The zero-order valence-electron chi connectivity index (χ0n) is 13.3. The summed E-state index contributed by atoms with van der Waals surface area (Å²) in [4.78, 5) is 15.6. The topological polar surface area (TPSA) is 68.0 Å². The third kappa shape index (κ3) is 5.00. The Hall–Kier alpha value is -2.00. The van der Waals surface area contributed by atoms with Gasteiger partial charge in [-0.05, 0) is 12.1 Å². The highest BCUT2D eigenvalue weighted by Crippen LogP contribution is 2.27. The number of piperazine rings is 1. The number of anilines is 1. The molecular formula is C15H20F3N3O3. The van der Waals surface area contributed by atoms with E-state index < -0.39 is 12.4 Å². The van der Waals surface area contributed by atoms with Crippen molar-refractivity contribution in [2.75, 3.05) is 44.8 Å². The van der Waals surface area contributed by atoms with Crippen LogP contribution in [0.1, 0.15) is 0 Å². The number of carbonyl (C=O) groups excluding carboxylic acids is 1. The van der Waals surface area contributed by atoms with Crippen molar-refractivity contribution in [3.63, 3.8) is 0 Å². The average Bonchev–Trinajstić information content (AvgIpc) is 2.53. The third-order valence-corrected chi connectivity index (χ3v) is 3.67. The number of ether oxygens (including phenoxy) is 2. The Balaban J connectivity index is 1.95. The lowest BCUT2D eigenvalue weighted by molar-refractivity contribution is -0.274. The molecule has 2 N–H and O–H groups in total. The molecule has 0 spiro atoms. The van der Waals surface area contributed by atoms with Crippen molar-refractivity contribution in [2.24, 2.45) is 5.73 Å². The molecule has 0 saturated carbocycles. The molecule has 0 aliphatic carbocycles. The third-order valence-electron chi connectivity index (χ3n) is 3.67. The summed E-state index contributed by atoms with van der Waals surface area (Å²) in [5.41, 5.74) is 6.35. The molecular weight excluding hydrogens is 327 g/mol. The van der Waals surface area contributed by atoms with Crippen molar-refractivity contribution in [1.82, 2.24) is 4.90 Å². The SMILES string of the molecule is COC[C@@H](N)C(=O)N1CCN(c2cccc(OC(F)(F)F)c2)CC1. The molecule has 1 aliphatic rings. The van der Waals surface area contributed by atoms with Gasteiger partial charge in [0.2, 0.25) is 5.91 Å². The molecule has 1 aromatic carbocycles. The minimum absolute atomic E-state index is 0.149. The van der Waals surface area contributed by atoms with Crippen molar-refractivity contribution < 1.29 is 27.4 Å². The monoisotopic (exact) mass is 347 g/mol. The predicted molar refractivity (Wildman–Crippen MR) is 81.8 cm³/mol. The average molecular weight is 347 g/mol. The largest absolute Gasteiger partial charge is 0.573 e. The number of carbonyl (C=O) groups is 1. The first kappa shape index (κ1) is 18.3. The second-order valence-corrected chi connectivity index (χ2v) is 5.42. The van der Waals surface area contributed by atoms with Crippen LogP contribution in [-0.2, 0) is 9.53 Å².